The van der Waals surface area contributed by atoms with Crippen LogP contribution in [0.15, 0.2) is 47.1 Å². The van der Waals surface area contributed by atoms with Crippen LogP contribution in [0.25, 0.3) is 10.8 Å². The first kappa shape index (κ1) is 13.1. The highest BCUT2D eigenvalue weighted by Gasteiger charge is 2.14. The number of nitro groups is 1. The molecule has 0 unspecified atom stereocenters. The maximum absolute atomic E-state index is 11.1. The Morgan fingerprint density at radius 1 is 1.24 bits per heavy atom. The fourth-order valence-electron chi connectivity index (χ4n) is 2.25. The van der Waals surface area contributed by atoms with Crippen molar-refractivity contribution in [3.8, 4) is 0 Å². The third-order valence-corrected chi connectivity index (χ3v) is 3.24. The minimum Gasteiger partial charge on any atom is -0.465 e. The number of benzene rings is 1. The third kappa shape index (κ3) is 2.55. The quantitative estimate of drug-likeness (QED) is 0.583. The minimum atomic E-state index is -0.399. The zero-order valence-electron chi connectivity index (χ0n) is 11.4. The van der Waals surface area contributed by atoms with Crippen molar-refractivity contribution in [2.45, 2.75) is 13.5 Å². The lowest BCUT2D eigenvalue weighted by Crippen LogP contribution is -2.00. The number of pyridine rings is 1. The van der Waals surface area contributed by atoms with Gasteiger partial charge in [0, 0.05) is 29.5 Å². The van der Waals surface area contributed by atoms with Crippen LogP contribution in [0.5, 0.6) is 0 Å². The molecule has 0 aliphatic rings. The molecular formula is C15H13N3O3. The van der Waals surface area contributed by atoms with Crippen molar-refractivity contribution in [2.24, 2.45) is 0 Å². The number of nitro benzene ring substituents is 1. The van der Waals surface area contributed by atoms with E-state index in [9.17, 15) is 10.1 Å². The highest BCUT2D eigenvalue weighted by Crippen LogP contribution is 2.30. The van der Waals surface area contributed by atoms with Gasteiger partial charge in [-0.1, -0.05) is 0 Å². The molecule has 21 heavy (non-hydrogen) atoms. The van der Waals surface area contributed by atoms with Crippen LogP contribution < -0.4 is 5.32 Å². The van der Waals surface area contributed by atoms with E-state index in [1.165, 1.54) is 12.3 Å². The molecule has 0 spiro atoms. The second kappa shape index (κ2) is 5.24. The molecule has 0 amide bonds. The number of nitrogens with one attached hydrogen (secondary N) is 1. The van der Waals surface area contributed by atoms with Crippen LogP contribution in [-0.2, 0) is 6.54 Å². The Labute approximate surface area is 120 Å². The lowest BCUT2D eigenvalue weighted by atomic mass is 10.1. The van der Waals surface area contributed by atoms with Gasteiger partial charge in [0.25, 0.3) is 5.69 Å². The van der Waals surface area contributed by atoms with Crippen LogP contribution in [0.3, 0.4) is 0 Å². The number of non-ortho nitro benzene ring substituents is 1. The van der Waals surface area contributed by atoms with Gasteiger partial charge in [-0.05, 0) is 31.2 Å². The normalized spacial score (nSPS) is 10.7. The van der Waals surface area contributed by atoms with Crippen LogP contribution in [0, 0.1) is 17.0 Å². The Morgan fingerprint density at radius 2 is 2.10 bits per heavy atom. The average Bonchev–Trinajstić information content (AvgIpc) is 2.90. The Morgan fingerprint density at radius 3 is 2.81 bits per heavy atom. The van der Waals surface area contributed by atoms with E-state index in [-0.39, 0.29) is 5.69 Å². The number of anilines is 1. The maximum atomic E-state index is 11.1. The Hall–Kier alpha value is -2.89. The molecule has 0 fully saturated rings. The van der Waals surface area contributed by atoms with E-state index in [2.05, 4.69) is 10.3 Å². The molecule has 0 atom stereocenters. The van der Waals surface area contributed by atoms with Crippen LogP contribution >= 0.6 is 0 Å². The van der Waals surface area contributed by atoms with E-state index in [0.29, 0.717) is 11.9 Å². The molecule has 0 aliphatic carbocycles. The fraction of sp³-hybridized carbons (Fsp3) is 0.133. The van der Waals surface area contributed by atoms with E-state index < -0.39 is 4.92 Å². The summed E-state index contributed by atoms with van der Waals surface area (Å²) in [5, 5.41) is 15.6. The third-order valence-electron chi connectivity index (χ3n) is 3.24. The van der Waals surface area contributed by atoms with Crippen molar-refractivity contribution >= 4 is 22.1 Å². The first-order chi connectivity index (χ1) is 10.1. The second-order valence-electron chi connectivity index (χ2n) is 4.68. The molecule has 0 saturated heterocycles. The molecule has 2 heterocycles. The molecule has 1 N–H and O–H groups in total. The van der Waals surface area contributed by atoms with Gasteiger partial charge >= 0.3 is 0 Å². The van der Waals surface area contributed by atoms with E-state index in [1.54, 1.807) is 18.3 Å². The predicted molar refractivity (Wildman–Crippen MR) is 79.2 cm³/mol. The van der Waals surface area contributed by atoms with Crippen molar-refractivity contribution in [1.29, 1.82) is 0 Å². The summed E-state index contributed by atoms with van der Waals surface area (Å²) in [6, 6.07) is 8.75. The molecule has 3 aromatic rings. The molecule has 6 heteroatoms. The van der Waals surface area contributed by atoms with Crippen LogP contribution in [0.2, 0.25) is 0 Å². The van der Waals surface area contributed by atoms with E-state index in [0.717, 1.165) is 22.6 Å². The molecule has 2 aromatic heterocycles. The molecule has 6 nitrogen and oxygen atoms in total. The van der Waals surface area contributed by atoms with Crippen LogP contribution in [-0.4, -0.2) is 9.91 Å². The SMILES string of the molecule is Cc1ccc(CNc2ccc([N+](=O)[O-])c3cnccc23)o1. The molecule has 0 bridgehead atoms. The molecule has 3 rings (SSSR count). The summed E-state index contributed by atoms with van der Waals surface area (Å²) in [6.07, 6.45) is 3.13. The van der Waals surface area contributed by atoms with Gasteiger partial charge in [0.15, 0.2) is 0 Å². The Bertz CT molecular complexity index is 811. The van der Waals surface area contributed by atoms with Gasteiger partial charge in [-0.15, -0.1) is 0 Å². The Balaban J connectivity index is 1.96. The summed E-state index contributed by atoms with van der Waals surface area (Å²) in [4.78, 5) is 14.6. The largest absolute Gasteiger partial charge is 0.465 e. The van der Waals surface area contributed by atoms with E-state index in [1.807, 2.05) is 19.1 Å². The topological polar surface area (TPSA) is 81.2 Å². The van der Waals surface area contributed by atoms with E-state index in [4.69, 9.17) is 4.42 Å². The highest BCUT2D eigenvalue weighted by molar-refractivity contribution is 5.99. The summed E-state index contributed by atoms with van der Waals surface area (Å²) in [6.45, 7) is 2.40. The first-order valence-electron chi connectivity index (χ1n) is 6.45. The Kier molecular flexibility index (Phi) is 3.27. The summed E-state index contributed by atoms with van der Waals surface area (Å²) in [5.41, 5.74) is 0.865. The lowest BCUT2D eigenvalue weighted by molar-refractivity contribution is -0.383. The number of furan rings is 1. The maximum Gasteiger partial charge on any atom is 0.278 e. The van der Waals surface area contributed by atoms with Gasteiger partial charge in [-0.25, -0.2) is 0 Å². The fourth-order valence-corrected chi connectivity index (χ4v) is 2.25. The van der Waals surface area contributed by atoms with Crippen molar-refractivity contribution in [2.75, 3.05) is 5.32 Å². The number of fused-ring (bicyclic) bond motifs is 1. The van der Waals surface area contributed by atoms with E-state index >= 15 is 0 Å². The molecular weight excluding hydrogens is 270 g/mol. The molecule has 0 saturated carbocycles. The van der Waals surface area contributed by atoms with Crippen molar-refractivity contribution < 1.29 is 9.34 Å². The first-order valence-corrected chi connectivity index (χ1v) is 6.45. The van der Waals surface area contributed by atoms with Crippen molar-refractivity contribution in [3.05, 3.63) is 64.4 Å². The van der Waals surface area contributed by atoms with Gasteiger partial charge in [-0.2, -0.15) is 0 Å². The van der Waals surface area contributed by atoms with Gasteiger partial charge in [-0.3, -0.25) is 15.1 Å². The van der Waals surface area contributed by atoms with Crippen molar-refractivity contribution in [1.82, 2.24) is 4.98 Å². The van der Waals surface area contributed by atoms with Crippen LogP contribution in [0.1, 0.15) is 11.5 Å². The number of hydrogen-bond acceptors (Lipinski definition) is 5. The van der Waals surface area contributed by atoms with Crippen molar-refractivity contribution in [3.63, 3.8) is 0 Å². The standard InChI is InChI=1S/C15H13N3O3/c1-10-2-3-11(21-10)8-17-14-4-5-15(18(19)20)13-9-16-7-6-12(13)14/h2-7,9,17H,8H2,1H3. The summed E-state index contributed by atoms with van der Waals surface area (Å²) in [5.74, 6) is 1.66. The van der Waals surface area contributed by atoms with Gasteiger partial charge in [0.2, 0.25) is 0 Å². The number of aromatic nitrogens is 1. The van der Waals surface area contributed by atoms with Gasteiger partial charge in [0.05, 0.1) is 16.9 Å². The molecule has 0 aliphatic heterocycles. The summed E-state index contributed by atoms with van der Waals surface area (Å²) >= 11 is 0. The van der Waals surface area contributed by atoms with Gasteiger partial charge in [0.1, 0.15) is 11.5 Å². The number of hydrogen-bond donors (Lipinski definition) is 1. The molecule has 106 valence electrons. The predicted octanol–water partition coefficient (Wildman–Crippen LogP) is 3.66. The smallest absolute Gasteiger partial charge is 0.278 e. The lowest BCUT2D eigenvalue weighted by Gasteiger charge is -2.08. The number of rotatable bonds is 4. The summed E-state index contributed by atoms with van der Waals surface area (Å²) in [7, 11) is 0. The molecule has 0 radical (unpaired) electrons. The minimum absolute atomic E-state index is 0.0532. The highest BCUT2D eigenvalue weighted by atomic mass is 16.6. The molecule has 1 aromatic carbocycles. The van der Waals surface area contributed by atoms with Crippen LogP contribution in [0.4, 0.5) is 11.4 Å². The number of aryl methyl sites for hydroxylation is 1. The zero-order valence-corrected chi connectivity index (χ0v) is 11.4. The zero-order chi connectivity index (χ0) is 14.8. The second-order valence-corrected chi connectivity index (χ2v) is 4.68. The monoisotopic (exact) mass is 283 g/mol. The average molecular weight is 283 g/mol. The van der Waals surface area contributed by atoms with Gasteiger partial charge < -0.3 is 9.73 Å². The number of nitrogens with zero attached hydrogens (tertiary/aromatic N) is 2. The summed E-state index contributed by atoms with van der Waals surface area (Å²) < 4.78 is 5.50.